The van der Waals surface area contributed by atoms with E-state index in [1.807, 2.05) is 31.2 Å². The summed E-state index contributed by atoms with van der Waals surface area (Å²) in [4.78, 5) is 36.3. The molecule has 188 valence electrons. The maximum atomic E-state index is 12.8. The summed E-state index contributed by atoms with van der Waals surface area (Å²) in [6, 6.07) is 15.6. The number of ether oxygens (including phenoxy) is 1. The summed E-state index contributed by atoms with van der Waals surface area (Å²) in [6.45, 7) is 6.57. The number of carboxylic acids is 1. The van der Waals surface area contributed by atoms with Crippen molar-refractivity contribution in [2.45, 2.75) is 58.4 Å². The fourth-order valence-electron chi connectivity index (χ4n) is 4.42. The van der Waals surface area contributed by atoms with E-state index in [9.17, 15) is 14.4 Å². The Morgan fingerprint density at radius 1 is 0.914 bits per heavy atom. The number of amides is 2. The highest BCUT2D eigenvalue weighted by molar-refractivity contribution is 5.85. The highest BCUT2D eigenvalue weighted by Crippen LogP contribution is 2.44. The van der Waals surface area contributed by atoms with E-state index in [1.165, 1.54) is 0 Å². The lowest BCUT2D eigenvalue weighted by molar-refractivity contribution is -0.137. The van der Waals surface area contributed by atoms with Crippen molar-refractivity contribution in [1.29, 1.82) is 0 Å². The van der Waals surface area contributed by atoms with Crippen molar-refractivity contribution in [3.05, 3.63) is 59.7 Å². The molecule has 0 aromatic heterocycles. The number of hydrogen-bond acceptors (Lipinski definition) is 4. The second-order valence-corrected chi connectivity index (χ2v) is 9.78. The summed E-state index contributed by atoms with van der Waals surface area (Å²) in [5.41, 5.74) is 4.57. The van der Waals surface area contributed by atoms with Crippen molar-refractivity contribution < 1.29 is 24.2 Å². The molecule has 0 saturated carbocycles. The molecule has 0 heterocycles. The Hall–Kier alpha value is -3.35. The van der Waals surface area contributed by atoms with Crippen LogP contribution in [0.25, 0.3) is 11.1 Å². The van der Waals surface area contributed by atoms with E-state index < -0.39 is 18.1 Å². The third kappa shape index (κ3) is 7.31. The first kappa shape index (κ1) is 26.3. The van der Waals surface area contributed by atoms with E-state index in [4.69, 9.17) is 9.84 Å². The first-order valence-electron chi connectivity index (χ1n) is 12.4. The molecule has 0 fully saturated rings. The van der Waals surface area contributed by atoms with Crippen LogP contribution in [0.2, 0.25) is 0 Å². The summed E-state index contributed by atoms with van der Waals surface area (Å²) < 4.78 is 5.62. The molecule has 1 aliphatic rings. The molecule has 0 aliphatic heterocycles. The Morgan fingerprint density at radius 2 is 1.51 bits per heavy atom. The van der Waals surface area contributed by atoms with Crippen LogP contribution in [0, 0.1) is 11.8 Å². The predicted molar refractivity (Wildman–Crippen MR) is 135 cm³/mol. The zero-order valence-corrected chi connectivity index (χ0v) is 20.8. The Balaban J connectivity index is 1.58. The molecule has 2 aromatic carbocycles. The van der Waals surface area contributed by atoms with Crippen LogP contribution < -0.4 is 10.6 Å². The topological polar surface area (TPSA) is 105 Å². The minimum atomic E-state index is -0.852. The van der Waals surface area contributed by atoms with Crippen molar-refractivity contribution in [2.24, 2.45) is 11.8 Å². The summed E-state index contributed by atoms with van der Waals surface area (Å²) in [5, 5.41) is 14.4. The van der Waals surface area contributed by atoms with Gasteiger partial charge in [-0.15, -0.1) is 0 Å². The second kappa shape index (κ2) is 12.4. The van der Waals surface area contributed by atoms with Crippen LogP contribution in [0.15, 0.2) is 48.5 Å². The average Bonchev–Trinajstić information content (AvgIpc) is 3.16. The smallest absolute Gasteiger partial charge is 0.407 e. The molecule has 2 aromatic rings. The van der Waals surface area contributed by atoms with Gasteiger partial charge in [-0.1, -0.05) is 69.3 Å². The van der Waals surface area contributed by atoms with Gasteiger partial charge in [-0.05, 0) is 53.4 Å². The van der Waals surface area contributed by atoms with Gasteiger partial charge in [-0.25, -0.2) is 4.79 Å². The number of nitrogens with one attached hydrogen (secondary N) is 2. The second-order valence-electron chi connectivity index (χ2n) is 9.78. The molecule has 7 nitrogen and oxygen atoms in total. The molecule has 2 amide bonds. The molecule has 0 saturated heterocycles. The van der Waals surface area contributed by atoms with Crippen molar-refractivity contribution in [3.8, 4) is 11.1 Å². The molecular weight excluding hydrogens is 444 g/mol. The summed E-state index contributed by atoms with van der Waals surface area (Å²) >= 11 is 0. The monoisotopic (exact) mass is 480 g/mol. The zero-order valence-electron chi connectivity index (χ0n) is 20.8. The average molecular weight is 481 g/mol. The van der Waals surface area contributed by atoms with Crippen molar-refractivity contribution in [2.75, 3.05) is 13.2 Å². The maximum absolute atomic E-state index is 12.8. The first-order chi connectivity index (χ1) is 16.8. The largest absolute Gasteiger partial charge is 0.481 e. The molecule has 35 heavy (non-hydrogen) atoms. The van der Waals surface area contributed by atoms with E-state index in [1.54, 1.807) is 0 Å². The van der Waals surface area contributed by atoms with Crippen LogP contribution in [-0.2, 0) is 14.3 Å². The Morgan fingerprint density at radius 3 is 2.09 bits per heavy atom. The normalized spacial score (nSPS) is 14.1. The van der Waals surface area contributed by atoms with Crippen LogP contribution in [-0.4, -0.2) is 42.3 Å². The number of alkyl carbamates (subject to hydrolysis) is 1. The van der Waals surface area contributed by atoms with E-state index in [0.29, 0.717) is 25.3 Å². The van der Waals surface area contributed by atoms with E-state index in [0.717, 1.165) is 28.7 Å². The van der Waals surface area contributed by atoms with Gasteiger partial charge in [0.15, 0.2) is 0 Å². The number of carbonyl (C=O) groups is 3. The van der Waals surface area contributed by atoms with Gasteiger partial charge in [0.2, 0.25) is 5.91 Å². The van der Waals surface area contributed by atoms with Crippen LogP contribution in [0.5, 0.6) is 0 Å². The van der Waals surface area contributed by atoms with Crippen LogP contribution in [0.3, 0.4) is 0 Å². The summed E-state index contributed by atoms with van der Waals surface area (Å²) in [7, 11) is 0. The number of carboxylic acid groups (broad SMARTS) is 1. The molecule has 1 aliphatic carbocycles. The molecular formula is C28H36N2O5. The van der Waals surface area contributed by atoms with Crippen LogP contribution in [0.1, 0.15) is 63.5 Å². The highest BCUT2D eigenvalue weighted by atomic mass is 16.5. The fraction of sp³-hybridized carbons (Fsp3) is 0.464. The van der Waals surface area contributed by atoms with Crippen LogP contribution >= 0.6 is 0 Å². The number of fused-ring (bicyclic) bond motifs is 3. The molecule has 2 unspecified atom stereocenters. The molecule has 0 radical (unpaired) electrons. The summed E-state index contributed by atoms with van der Waals surface area (Å²) in [5.74, 6) is -0.776. The highest BCUT2D eigenvalue weighted by Gasteiger charge is 2.30. The van der Waals surface area contributed by atoms with Crippen molar-refractivity contribution in [1.82, 2.24) is 10.6 Å². The van der Waals surface area contributed by atoms with Crippen LogP contribution in [0.4, 0.5) is 4.79 Å². The molecule has 0 spiro atoms. The molecule has 2 atom stereocenters. The lowest BCUT2D eigenvalue weighted by atomic mass is 9.98. The van der Waals surface area contributed by atoms with Crippen molar-refractivity contribution >= 4 is 18.0 Å². The number of rotatable bonds is 12. The summed E-state index contributed by atoms with van der Waals surface area (Å²) in [6.07, 6.45) is 1.19. The molecule has 3 rings (SSSR count). The van der Waals surface area contributed by atoms with Gasteiger partial charge in [-0.2, -0.15) is 0 Å². The third-order valence-electron chi connectivity index (χ3n) is 6.46. The minimum absolute atomic E-state index is 0.0234. The van der Waals surface area contributed by atoms with E-state index in [2.05, 4.69) is 48.7 Å². The molecule has 7 heteroatoms. The Labute approximate surface area is 207 Å². The predicted octanol–water partition coefficient (Wildman–Crippen LogP) is 4.95. The van der Waals surface area contributed by atoms with Gasteiger partial charge in [0.1, 0.15) is 12.6 Å². The van der Waals surface area contributed by atoms with E-state index in [-0.39, 0.29) is 30.8 Å². The van der Waals surface area contributed by atoms with E-state index >= 15 is 0 Å². The lowest BCUT2D eigenvalue weighted by Crippen LogP contribution is -2.48. The number of benzene rings is 2. The van der Waals surface area contributed by atoms with Gasteiger partial charge >= 0.3 is 12.1 Å². The van der Waals surface area contributed by atoms with Gasteiger partial charge in [-0.3, -0.25) is 9.59 Å². The molecule has 3 N–H and O–H groups in total. The Kier molecular flexibility index (Phi) is 9.29. The van der Waals surface area contributed by atoms with Crippen molar-refractivity contribution in [3.63, 3.8) is 0 Å². The maximum Gasteiger partial charge on any atom is 0.407 e. The SMILES string of the molecule is CC(C)CCC(NC(=O)OCC1c2ccccc2-c2ccccc21)C(=O)NCC(C)CCC(=O)O. The fourth-order valence-corrected chi connectivity index (χ4v) is 4.42. The quantitative estimate of drug-likeness (QED) is 0.399. The van der Waals surface area contributed by atoms with Gasteiger partial charge in [0.25, 0.3) is 0 Å². The molecule has 0 bridgehead atoms. The Bertz CT molecular complexity index is 990. The minimum Gasteiger partial charge on any atom is -0.481 e. The lowest BCUT2D eigenvalue weighted by Gasteiger charge is -2.21. The number of carbonyl (C=O) groups excluding carboxylic acids is 2. The van der Waals surface area contributed by atoms with Gasteiger partial charge in [0.05, 0.1) is 0 Å². The number of aliphatic carboxylic acids is 1. The third-order valence-corrected chi connectivity index (χ3v) is 6.46. The number of hydrogen-bond donors (Lipinski definition) is 3. The zero-order chi connectivity index (χ0) is 25.4. The first-order valence-corrected chi connectivity index (χ1v) is 12.4. The van der Waals surface area contributed by atoms with Gasteiger partial charge < -0.3 is 20.5 Å². The standard InChI is InChI=1S/C28H36N2O5/c1-18(2)12-14-25(27(33)29-16-19(3)13-15-26(31)32)30-28(34)35-17-24-22-10-6-4-8-20(22)21-9-5-7-11-23(21)24/h4-11,18-19,24-25H,12-17H2,1-3H3,(H,29,33)(H,30,34)(H,31,32). The van der Waals surface area contributed by atoms with Gasteiger partial charge in [0, 0.05) is 18.9 Å².